The fourth-order valence-corrected chi connectivity index (χ4v) is 3.69. The van der Waals surface area contributed by atoms with Crippen LogP contribution in [0.25, 0.3) is 0 Å². The molecule has 1 aliphatic rings. The molecule has 21 heavy (non-hydrogen) atoms. The van der Waals surface area contributed by atoms with Crippen LogP contribution in [0.1, 0.15) is 57.3 Å². The van der Waals surface area contributed by atoms with Crippen molar-refractivity contribution in [2.45, 2.75) is 71.1 Å². The molecule has 5 heteroatoms. The average molecular weight is 358 g/mol. The normalized spacial score (nSPS) is 22.7. The SMILES string of the molecule is CCCNC1CCC(OCc2c(Br)c(CC)nn2C)CC1. The Hall–Kier alpha value is -0.390. The molecule has 120 valence electrons. The second-order valence-corrected chi connectivity index (χ2v) is 6.72. The molecule has 0 aliphatic heterocycles. The van der Waals surface area contributed by atoms with Crippen LogP contribution < -0.4 is 5.32 Å². The molecule has 1 heterocycles. The van der Waals surface area contributed by atoms with Gasteiger partial charge in [-0.05, 0) is 61.0 Å². The van der Waals surface area contributed by atoms with Crippen molar-refractivity contribution in [3.8, 4) is 0 Å². The van der Waals surface area contributed by atoms with E-state index in [-0.39, 0.29) is 0 Å². The lowest BCUT2D eigenvalue weighted by Crippen LogP contribution is -2.35. The molecule has 1 saturated carbocycles. The van der Waals surface area contributed by atoms with Gasteiger partial charge in [-0.3, -0.25) is 4.68 Å². The van der Waals surface area contributed by atoms with Crippen molar-refractivity contribution in [2.24, 2.45) is 7.05 Å². The number of aromatic nitrogens is 2. The molecule has 4 nitrogen and oxygen atoms in total. The summed E-state index contributed by atoms with van der Waals surface area (Å²) in [5.74, 6) is 0. The molecule has 0 saturated heterocycles. The van der Waals surface area contributed by atoms with E-state index in [0.717, 1.165) is 41.7 Å². The van der Waals surface area contributed by atoms with E-state index in [4.69, 9.17) is 4.74 Å². The monoisotopic (exact) mass is 357 g/mol. The largest absolute Gasteiger partial charge is 0.372 e. The van der Waals surface area contributed by atoms with Crippen LogP contribution in [0, 0.1) is 0 Å². The lowest BCUT2D eigenvalue weighted by atomic mass is 9.93. The first-order valence-corrected chi connectivity index (χ1v) is 9.00. The van der Waals surface area contributed by atoms with E-state index >= 15 is 0 Å². The van der Waals surface area contributed by atoms with Gasteiger partial charge in [-0.25, -0.2) is 0 Å². The van der Waals surface area contributed by atoms with Crippen LogP contribution >= 0.6 is 15.9 Å². The summed E-state index contributed by atoms with van der Waals surface area (Å²) in [6.07, 6.45) is 7.36. The Balaban J connectivity index is 1.78. The third kappa shape index (κ3) is 4.54. The van der Waals surface area contributed by atoms with E-state index in [9.17, 15) is 0 Å². The highest BCUT2D eigenvalue weighted by molar-refractivity contribution is 9.10. The predicted molar refractivity (Wildman–Crippen MR) is 89.4 cm³/mol. The second-order valence-electron chi connectivity index (χ2n) is 5.92. The zero-order chi connectivity index (χ0) is 15.2. The Kier molecular flexibility index (Phi) is 6.71. The van der Waals surface area contributed by atoms with Gasteiger partial charge >= 0.3 is 0 Å². The number of aryl methyl sites for hydroxylation is 2. The predicted octanol–water partition coefficient (Wildman–Crippen LogP) is 3.57. The molecule has 0 spiro atoms. The van der Waals surface area contributed by atoms with Crippen molar-refractivity contribution >= 4 is 15.9 Å². The van der Waals surface area contributed by atoms with Crippen LogP contribution in [0.15, 0.2) is 4.47 Å². The van der Waals surface area contributed by atoms with Gasteiger partial charge in [-0.2, -0.15) is 5.10 Å². The highest BCUT2D eigenvalue weighted by Gasteiger charge is 2.22. The van der Waals surface area contributed by atoms with Crippen molar-refractivity contribution in [1.29, 1.82) is 0 Å². The standard InChI is InChI=1S/C16H28BrN3O/c1-4-10-18-12-6-8-13(9-7-12)21-11-15-16(17)14(5-2)19-20(15)3/h12-13,18H,4-11H2,1-3H3. The molecule has 1 aromatic rings. The number of rotatable bonds is 7. The molecule has 0 atom stereocenters. The Bertz CT molecular complexity index is 439. The van der Waals surface area contributed by atoms with E-state index < -0.39 is 0 Å². The number of nitrogens with zero attached hydrogens (tertiary/aromatic N) is 2. The Labute approximate surface area is 136 Å². The molecule has 1 N–H and O–H groups in total. The molecule has 1 aromatic heterocycles. The fraction of sp³-hybridized carbons (Fsp3) is 0.812. The van der Waals surface area contributed by atoms with Crippen molar-refractivity contribution in [1.82, 2.24) is 15.1 Å². The van der Waals surface area contributed by atoms with E-state index in [0.29, 0.717) is 18.8 Å². The molecule has 1 fully saturated rings. The molecule has 0 unspecified atom stereocenters. The Morgan fingerprint density at radius 3 is 2.57 bits per heavy atom. The number of hydrogen-bond donors (Lipinski definition) is 1. The quantitative estimate of drug-likeness (QED) is 0.810. The zero-order valence-electron chi connectivity index (χ0n) is 13.5. The van der Waals surface area contributed by atoms with Crippen LogP contribution in [-0.2, 0) is 24.8 Å². The van der Waals surface area contributed by atoms with E-state index in [2.05, 4.69) is 40.2 Å². The second kappa shape index (κ2) is 8.30. The first-order valence-electron chi connectivity index (χ1n) is 8.20. The lowest BCUT2D eigenvalue weighted by molar-refractivity contribution is 0.00828. The molecule has 0 radical (unpaired) electrons. The minimum Gasteiger partial charge on any atom is -0.372 e. The molecule has 0 amide bonds. The van der Waals surface area contributed by atoms with Gasteiger partial charge in [0.25, 0.3) is 0 Å². The maximum atomic E-state index is 6.12. The smallest absolute Gasteiger partial charge is 0.0900 e. The Morgan fingerprint density at radius 1 is 1.29 bits per heavy atom. The maximum absolute atomic E-state index is 6.12. The average Bonchev–Trinajstić information content (AvgIpc) is 2.78. The van der Waals surface area contributed by atoms with Crippen LogP contribution in [0.3, 0.4) is 0 Å². The fourth-order valence-electron chi connectivity index (χ4n) is 2.96. The van der Waals surface area contributed by atoms with E-state index in [1.165, 1.54) is 19.3 Å². The maximum Gasteiger partial charge on any atom is 0.0900 e. The molecular weight excluding hydrogens is 330 g/mol. The van der Waals surface area contributed by atoms with Gasteiger partial charge in [0, 0.05) is 13.1 Å². The third-order valence-corrected chi connectivity index (χ3v) is 5.23. The van der Waals surface area contributed by atoms with E-state index in [1.807, 2.05) is 11.7 Å². The number of halogens is 1. The van der Waals surface area contributed by atoms with Crippen LogP contribution in [0.4, 0.5) is 0 Å². The summed E-state index contributed by atoms with van der Waals surface area (Å²) in [5.41, 5.74) is 2.27. The van der Waals surface area contributed by atoms with E-state index in [1.54, 1.807) is 0 Å². The summed E-state index contributed by atoms with van der Waals surface area (Å²) in [6, 6.07) is 0.694. The highest BCUT2D eigenvalue weighted by Crippen LogP contribution is 2.26. The summed E-state index contributed by atoms with van der Waals surface area (Å²) in [5, 5.41) is 8.14. The van der Waals surface area contributed by atoms with Crippen molar-refractivity contribution in [3.63, 3.8) is 0 Å². The summed E-state index contributed by atoms with van der Waals surface area (Å²) in [7, 11) is 1.99. The van der Waals surface area contributed by atoms with Crippen LogP contribution in [0.5, 0.6) is 0 Å². The van der Waals surface area contributed by atoms with Crippen molar-refractivity contribution < 1.29 is 4.74 Å². The van der Waals surface area contributed by atoms with Crippen molar-refractivity contribution in [2.75, 3.05) is 6.54 Å². The number of hydrogen-bond acceptors (Lipinski definition) is 3. The molecule has 0 bridgehead atoms. The van der Waals surface area contributed by atoms with Crippen LogP contribution in [0.2, 0.25) is 0 Å². The lowest BCUT2D eigenvalue weighted by Gasteiger charge is -2.29. The first kappa shape index (κ1) is 17.0. The summed E-state index contributed by atoms with van der Waals surface area (Å²) >= 11 is 3.65. The number of ether oxygens (including phenoxy) is 1. The summed E-state index contributed by atoms with van der Waals surface area (Å²) in [4.78, 5) is 0. The topological polar surface area (TPSA) is 39.1 Å². The highest BCUT2D eigenvalue weighted by atomic mass is 79.9. The molecule has 2 rings (SSSR count). The summed E-state index contributed by atoms with van der Waals surface area (Å²) in [6.45, 7) is 6.14. The molecule has 1 aliphatic carbocycles. The van der Waals surface area contributed by atoms with Crippen molar-refractivity contribution in [3.05, 3.63) is 15.9 Å². The van der Waals surface area contributed by atoms with Gasteiger partial charge < -0.3 is 10.1 Å². The number of nitrogens with one attached hydrogen (secondary N) is 1. The van der Waals surface area contributed by atoms with Gasteiger partial charge in [-0.1, -0.05) is 13.8 Å². The van der Waals surface area contributed by atoms with Gasteiger partial charge in [0.05, 0.1) is 28.6 Å². The minimum atomic E-state index is 0.400. The van der Waals surface area contributed by atoms with Gasteiger partial charge in [0.2, 0.25) is 0 Å². The van der Waals surface area contributed by atoms with Gasteiger partial charge in [0.1, 0.15) is 0 Å². The first-order chi connectivity index (χ1) is 10.2. The minimum absolute atomic E-state index is 0.400. The Morgan fingerprint density at radius 2 is 2.00 bits per heavy atom. The third-order valence-electron chi connectivity index (χ3n) is 4.32. The van der Waals surface area contributed by atoms with Gasteiger partial charge in [0.15, 0.2) is 0 Å². The summed E-state index contributed by atoms with van der Waals surface area (Å²) < 4.78 is 9.18. The molecule has 0 aromatic carbocycles. The van der Waals surface area contributed by atoms with Crippen LogP contribution in [-0.4, -0.2) is 28.5 Å². The van der Waals surface area contributed by atoms with Gasteiger partial charge in [-0.15, -0.1) is 0 Å². The zero-order valence-corrected chi connectivity index (χ0v) is 15.1. The molecular formula is C16H28BrN3O.